The first-order chi connectivity index (χ1) is 8.69. The monoisotopic (exact) mass is 371 g/mol. The number of aliphatic hydroxyl groups excluding tert-OH is 1. The number of aromatic nitrogens is 1. The minimum atomic E-state index is -0.0501. The molecule has 1 aromatic heterocycles. The van der Waals surface area contributed by atoms with E-state index in [1.807, 2.05) is 24.3 Å². The van der Waals surface area contributed by atoms with Crippen molar-refractivity contribution in [2.45, 2.75) is 13.2 Å². The van der Waals surface area contributed by atoms with Crippen LogP contribution in [0.25, 0.3) is 0 Å². The highest BCUT2D eigenvalue weighted by atomic mass is 79.9. The third-order valence-electron chi connectivity index (χ3n) is 2.35. The third kappa shape index (κ3) is 3.54. The van der Waals surface area contributed by atoms with Gasteiger partial charge in [-0.05, 0) is 40.2 Å². The van der Waals surface area contributed by atoms with E-state index in [2.05, 4.69) is 36.8 Å². The van der Waals surface area contributed by atoms with E-state index in [1.54, 1.807) is 12.4 Å². The Morgan fingerprint density at radius 2 is 1.94 bits per heavy atom. The average Bonchev–Trinajstić information content (AvgIpc) is 2.37. The summed E-state index contributed by atoms with van der Waals surface area (Å²) >= 11 is 6.72. The summed E-state index contributed by atoms with van der Waals surface area (Å²) in [5.41, 5.74) is 1.73. The van der Waals surface area contributed by atoms with Gasteiger partial charge in [-0.25, -0.2) is 0 Å². The maximum Gasteiger partial charge on any atom is 0.125 e. The smallest absolute Gasteiger partial charge is 0.125 e. The van der Waals surface area contributed by atoms with Crippen LogP contribution < -0.4 is 4.74 Å². The average molecular weight is 373 g/mol. The predicted octanol–water partition coefficient (Wildman–Crippen LogP) is 3.68. The summed E-state index contributed by atoms with van der Waals surface area (Å²) in [6.45, 7) is 0.368. The number of rotatable bonds is 4. The maximum absolute atomic E-state index is 9.26. The van der Waals surface area contributed by atoms with Gasteiger partial charge in [0.15, 0.2) is 0 Å². The van der Waals surface area contributed by atoms with Crippen molar-refractivity contribution in [2.75, 3.05) is 0 Å². The largest absolute Gasteiger partial charge is 0.488 e. The summed E-state index contributed by atoms with van der Waals surface area (Å²) in [6.07, 6.45) is 3.48. The first kappa shape index (κ1) is 13.5. The molecule has 3 nitrogen and oxygen atoms in total. The van der Waals surface area contributed by atoms with Gasteiger partial charge in [-0.15, -0.1) is 0 Å². The Balaban J connectivity index is 2.10. The molecule has 0 saturated carbocycles. The van der Waals surface area contributed by atoms with Gasteiger partial charge in [0.25, 0.3) is 0 Å². The molecule has 2 rings (SSSR count). The Labute approximate surface area is 122 Å². The van der Waals surface area contributed by atoms with Gasteiger partial charge < -0.3 is 9.84 Å². The molecule has 0 amide bonds. The molecule has 0 unspecified atom stereocenters. The van der Waals surface area contributed by atoms with Gasteiger partial charge in [0.2, 0.25) is 0 Å². The van der Waals surface area contributed by atoms with E-state index >= 15 is 0 Å². The minimum absolute atomic E-state index is 0.0501. The second kappa shape index (κ2) is 6.31. The Hall–Kier alpha value is -0.910. The summed E-state index contributed by atoms with van der Waals surface area (Å²) in [7, 11) is 0. The van der Waals surface area contributed by atoms with Crippen LogP contribution in [0.5, 0.6) is 5.75 Å². The summed E-state index contributed by atoms with van der Waals surface area (Å²) in [5.74, 6) is 0.681. The first-order valence-electron chi connectivity index (χ1n) is 5.30. The van der Waals surface area contributed by atoms with E-state index in [4.69, 9.17) is 4.74 Å². The highest BCUT2D eigenvalue weighted by molar-refractivity contribution is 9.10. The van der Waals surface area contributed by atoms with Gasteiger partial charge in [-0.3, -0.25) is 4.98 Å². The molecule has 0 aliphatic carbocycles. The van der Waals surface area contributed by atoms with Crippen LogP contribution in [0.15, 0.2) is 45.6 Å². The topological polar surface area (TPSA) is 42.4 Å². The van der Waals surface area contributed by atoms with Crippen molar-refractivity contribution >= 4 is 31.9 Å². The zero-order valence-electron chi connectivity index (χ0n) is 9.44. The lowest BCUT2D eigenvalue weighted by molar-refractivity contribution is 0.259. The van der Waals surface area contributed by atoms with E-state index in [0.717, 1.165) is 20.1 Å². The zero-order valence-corrected chi connectivity index (χ0v) is 12.6. The second-order valence-corrected chi connectivity index (χ2v) is 5.54. The van der Waals surface area contributed by atoms with Gasteiger partial charge in [-0.1, -0.05) is 15.9 Å². The van der Waals surface area contributed by atoms with Crippen molar-refractivity contribution in [1.29, 1.82) is 0 Å². The molecular formula is C13H11Br2NO2. The third-order valence-corrected chi connectivity index (χ3v) is 3.28. The molecule has 1 N–H and O–H groups in total. The van der Waals surface area contributed by atoms with Gasteiger partial charge in [0.05, 0.1) is 6.61 Å². The molecule has 0 atom stereocenters. The lowest BCUT2D eigenvalue weighted by Crippen LogP contribution is -1.99. The van der Waals surface area contributed by atoms with Gasteiger partial charge in [-0.2, -0.15) is 0 Å². The van der Waals surface area contributed by atoms with Crippen LogP contribution in [0.1, 0.15) is 11.1 Å². The van der Waals surface area contributed by atoms with E-state index in [1.165, 1.54) is 0 Å². The SMILES string of the molecule is OCc1cc(Br)ccc1OCc1cncc(Br)c1. The molecule has 0 aliphatic heterocycles. The molecule has 18 heavy (non-hydrogen) atoms. The van der Waals surface area contributed by atoms with Crippen molar-refractivity contribution in [3.05, 3.63) is 56.7 Å². The van der Waals surface area contributed by atoms with Crippen LogP contribution >= 0.6 is 31.9 Å². The van der Waals surface area contributed by atoms with Gasteiger partial charge in [0.1, 0.15) is 12.4 Å². The lowest BCUT2D eigenvalue weighted by Gasteiger charge is -2.10. The number of pyridine rings is 1. The lowest BCUT2D eigenvalue weighted by atomic mass is 10.2. The predicted molar refractivity (Wildman–Crippen MR) is 76.3 cm³/mol. The molecule has 0 fully saturated rings. The molecule has 0 spiro atoms. The summed E-state index contributed by atoms with van der Waals surface area (Å²) < 4.78 is 7.52. The highest BCUT2D eigenvalue weighted by Crippen LogP contribution is 2.24. The number of hydrogen-bond acceptors (Lipinski definition) is 3. The molecule has 0 aliphatic rings. The molecule has 94 valence electrons. The Morgan fingerprint density at radius 1 is 1.11 bits per heavy atom. The van der Waals surface area contributed by atoms with Crippen LogP contribution in [-0.2, 0) is 13.2 Å². The number of nitrogens with zero attached hydrogens (tertiary/aromatic N) is 1. The van der Waals surface area contributed by atoms with Crippen molar-refractivity contribution in [3.8, 4) is 5.75 Å². The van der Waals surface area contributed by atoms with Gasteiger partial charge in [0, 0.05) is 32.5 Å². The van der Waals surface area contributed by atoms with E-state index < -0.39 is 0 Å². The van der Waals surface area contributed by atoms with Crippen molar-refractivity contribution < 1.29 is 9.84 Å². The van der Waals surface area contributed by atoms with Crippen LogP contribution in [0.2, 0.25) is 0 Å². The molecular weight excluding hydrogens is 362 g/mol. The number of benzene rings is 1. The first-order valence-corrected chi connectivity index (χ1v) is 6.89. The summed E-state index contributed by atoms with van der Waals surface area (Å²) in [4.78, 5) is 4.07. The number of halogens is 2. The zero-order chi connectivity index (χ0) is 13.0. The van der Waals surface area contributed by atoms with Gasteiger partial charge >= 0.3 is 0 Å². The molecule has 0 bridgehead atoms. The van der Waals surface area contributed by atoms with Crippen molar-refractivity contribution in [3.63, 3.8) is 0 Å². The van der Waals surface area contributed by atoms with E-state index in [9.17, 15) is 5.11 Å². The van der Waals surface area contributed by atoms with Crippen molar-refractivity contribution in [2.24, 2.45) is 0 Å². The molecule has 2 aromatic rings. The fourth-order valence-corrected chi connectivity index (χ4v) is 2.33. The molecule has 1 heterocycles. The van der Waals surface area contributed by atoms with Crippen molar-refractivity contribution in [1.82, 2.24) is 4.98 Å². The Bertz CT molecular complexity index is 546. The number of ether oxygens (including phenoxy) is 1. The summed E-state index contributed by atoms with van der Waals surface area (Å²) in [6, 6.07) is 7.51. The molecule has 0 saturated heterocycles. The van der Waals surface area contributed by atoms with E-state index in [-0.39, 0.29) is 6.61 Å². The molecule has 5 heteroatoms. The highest BCUT2D eigenvalue weighted by Gasteiger charge is 2.04. The molecule has 0 radical (unpaired) electrons. The Morgan fingerprint density at radius 3 is 2.67 bits per heavy atom. The number of hydrogen-bond donors (Lipinski definition) is 1. The maximum atomic E-state index is 9.26. The normalized spacial score (nSPS) is 10.4. The fourth-order valence-electron chi connectivity index (χ4n) is 1.51. The number of aliphatic hydroxyl groups is 1. The summed E-state index contributed by atoms with van der Waals surface area (Å²) in [5, 5.41) is 9.26. The quantitative estimate of drug-likeness (QED) is 0.890. The second-order valence-electron chi connectivity index (χ2n) is 3.71. The standard InChI is InChI=1S/C13H11Br2NO2/c14-11-1-2-13(10(4-11)7-17)18-8-9-3-12(15)6-16-5-9/h1-6,17H,7-8H2. The van der Waals surface area contributed by atoms with Crippen LogP contribution in [-0.4, -0.2) is 10.1 Å². The van der Waals surface area contributed by atoms with E-state index in [0.29, 0.717) is 12.4 Å². The van der Waals surface area contributed by atoms with Crippen LogP contribution in [0.4, 0.5) is 0 Å². The molecule has 1 aromatic carbocycles. The minimum Gasteiger partial charge on any atom is -0.488 e. The van der Waals surface area contributed by atoms with Crippen LogP contribution in [0.3, 0.4) is 0 Å². The fraction of sp³-hybridized carbons (Fsp3) is 0.154. The Kier molecular flexibility index (Phi) is 4.74. The van der Waals surface area contributed by atoms with Crippen LogP contribution in [0, 0.1) is 0 Å².